The number of alkyl halides is 6. The fraction of sp³-hybridized carbons (Fsp3) is 0.366. The molecule has 4 aromatic heterocycles. The minimum Gasteiger partial charge on any atom is -0.244 e. The molecule has 6 nitrogen and oxygen atoms in total. The van der Waals surface area contributed by atoms with Gasteiger partial charge in [-0.15, -0.1) is 32.9 Å². The van der Waals surface area contributed by atoms with Gasteiger partial charge in [0.15, 0.2) is 0 Å². The maximum absolute atomic E-state index is 16.6. The van der Waals surface area contributed by atoms with E-state index in [1.54, 1.807) is 23.2 Å². The molecule has 0 amide bonds. The first-order chi connectivity index (χ1) is 26.4. The van der Waals surface area contributed by atoms with Crippen LogP contribution in [-0.4, -0.2) is 47.8 Å². The first-order valence-corrected chi connectivity index (χ1v) is 20.1. The number of fused-ring (bicyclic) bond motifs is 6. The highest BCUT2D eigenvalue weighted by molar-refractivity contribution is 7.16. The Balaban J connectivity index is 1.24. The summed E-state index contributed by atoms with van der Waals surface area (Å²) in [6, 6.07) is 19.4. The lowest BCUT2D eigenvalue weighted by Gasteiger charge is -2.26. The Morgan fingerprint density at radius 1 is 0.564 bits per heavy atom. The molecular weight excluding hydrogens is 755 g/mol. The van der Waals surface area contributed by atoms with E-state index in [4.69, 9.17) is 0 Å². The number of halogens is 6. The second-order valence-corrected chi connectivity index (χ2v) is 17.1. The van der Waals surface area contributed by atoms with Crippen molar-refractivity contribution in [2.45, 2.75) is 96.1 Å². The summed E-state index contributed by atoms with van der Waals surface area (Å²) in [7, 11) is 0. The van der Waals surface area contributed by atoms with Gasteiger partial charge in [-0.25, -0.2) is 9.36 Å². The van der Waals surface area contributed by atoms with Crippen LogP contribution in [-0.2, 0) is 38.8 Å². The lowest BCUT2D eigenvalue weighted by atomic mass is 9.86. The zero-order valence-electron chi connectivity index (χ0n) is 30.1. The lowest BCUT2D eigenvalue weighted by Crippen LogP contribution is -2.49. The van der Waals surface area contributed by atoms with Crippen LogP contribution in [0.25, 0.3) is 32.3 Å². The molecule has 9 rings (SSSR count). The summed E-state index contributed by atoms with van der Waals surface area (Å²) in [6.45, 7) is 3.98. The van der Waals surface area contributed by atoms with Gasteiger partial charge in [0, 0.05) is 32.0 Å². The molecule has 284 valence electrons. The van der Waals surface area contributed by atoms with E-state index in [0.717, 1.165) is 45.2 Å². The second kappa shape index (κ2) is 13.3. The van der Waals surface area contributed by atoms with E-state index >= 15 is 26.3 Å². The van der Waals surface area contributed by atoms with Crippen molar-refractivity contribution in [3.05, 3.63) is 115 Å². The number of aryl methyl sites for hydroxylation is 2. The van der Waals surface area contributed by atoms with E-state index in [9.17, 15) is 0 Å². The van der Waals surface area contributed by atoms with Crippen molar-refractivity contribution < 1.29 is 26.3 Å². The normalized spacial score (nSPS) is 18.5. The smallest absolute Gasteiger partial charge is 0.244 e. The number of hydrogen-bond donors (Lipinski definition) is 0. The number of thiophene rings is 2. The molecule has 0 aliphatic heterocycles. The van der Waals surface area contributed by atoms with Gasteiger partial charge in [0.2, 0.25) is 0 Å². The van der Waals surface area contributed by atoms with Crippen LogP contribution in [0.5, 0.6) is 0 Å². The maximum atomic E-state index is 16.6. The zero-order valence-corrected chi connectivity index (χ0v) is 31.7. The Morgan fingerprint density at radius 3 is 1.35 bits per heavy atom. The first-order valence-electron chi connectivity index (χ1n) is 18.5. The highest BCUT2D eigenvalue weighted by atomic mass is 32.1. The number of allylic oxidation sites excluding steroid dienone is 2. The third-order valence-electron chi connectivity index (χ3n) is 11.2. The minimum absolute atomic E-state index is 0.220. The summed E-state index contributed by atoms with van der Waals surface area (Å²) in [5, 5.41) is 17.8. The van der Waals surface area contributed by atoms with Gasteiger partial charge in [-0.05, 0) is 87.5 Å². The van der Waals surface area contributed by atoms with E-state index in [1.165, 1.54) is 0 Å². The highest BCUT2D eigenvalue weighted by Crippen LogP contribution is 2.67. The standard InChI is InChI=1S/C41H36F6N6S2/c1-23-31(27-17-9-11-19-29-35(37(27)54-23)48-50-52(29)21-25-13-5-3-6-14-25)33-34(40(44,45)41(46,47)39(33,42)43)32-24(2)55-38-28(32)18-10-12-20-30-36(38)49-51-53(30)22-26-15-7-4-8-16-26/h3-8,13-16H,9-12,17-22H2,1-2H3. The zero-order chi connectivity index (χ0) is 38.3. The van der Waals surface area contributed by atoms with Crippen molar-refractivity contribution in [2.75, 3.05) is 0 Å². The van der Waals surface area contributed by atoms with Gasteiger partial charge in [0.05, 0.1) is 34.2 Å². The van der Waals surface area contributed by atoms with E-state index in [0.29, 0.717) is 83.9 Å². The molecule has 4 heterocycles. The predicted molar refractivity (Wildman–Crippen MR) is 202 cm³/mol. The molecule has 0 unspecified atom stereocenters. The van der Waals surface area contributed by atoms with Crippen LogP contribution < -0.4 is 0 Å². The summed E-state index contributed by atoms with van der Waals surface area (Å²) in [5.74, 6) is -16.0. The number of aromatic nitrogens is 6. The van der Waals surface area contributed by atoms with E-state index in [-0.39, 0.29) is 33.7 Å². The molecule has 0 bridgehead atoms. The molecule has 0 fully saturated rings. The first kappa shape index (κ1) is 36.1. The largest absolute Gasteiger partial charge is 0.380 e. The predicted octanol–water partition coefficient (Wildman–Crippen LogP) is 10.6. The van der Waals surface area contributed by atoms with Crippen molar-refractivity contribution in [3.63, 3.8) is 0 Å². The van der Waals surface area contributed by atoms with Gasteiger partial charge in [0.1, 0.15) is 11.4 Å². The number of nitrogens with zero attached hydrogens (tertiary/aromatic N) is 6. The Hall–Kier alpha value is -4.56. The molecule has 0 atom stereocenters. The highest BCUT2D eigenvalue weighted by Gasteiger charge is 2.80. The van der Waals surface area contributed by atoms with Crippen LogP contribution in [0.3, 0.4) is 0 Å². The van der Waals surface area contributed by atoms with Crippen molar-refractivity contribution >= 4 is 33.8 Å². The maximum Gasteiger partial charge on any atom is 0.380 e. The lowest BCUT2D eigenvalue weighted by molar-refractivity contribution is -0.254. The van der Waals surface area contributed by atoms with Crippen LogP contribution in [0.15, 0.2) is 60.7 Å². The molecule has 0 spiro atoms. The molecular formula is C41H36F6N6S2. The van der Waals surface area contributed by atoms with Crippen molar-refractivity contribution in [2.24, 2.45) is 0 Å². The van der Waals surface area contributed by atoms with E-state index < -0.39 is 28.9 Å². The van der Waals surface area contributed by atoms with Crippen molar-refractivity contribution in [1.29, 1.82) is 0 Å². The van der Waals surface area contributed by atoms with Crippen LogP contribution >= 0.6 is 22.7 Å². The van der Waals surface area contributed by atoms with Crippen LogP contribution in [0.1, 0.15) is 80.2 Å². The monoisotopic (exact) mass is 790 g/mol. The molecule has 55 heavy (non-hydrogen) atoms. The molecule has 2 aromatic carbocycles. The van der Waals surface area contributed by atoms with E-state index in [2.05, 4.69) is 20.6 Å². The van der Waals surface area contributed by atoms with Gasteiger partial charge in [-0.1, -0.05) is 71.1 Å². The summed E-state index contributed by atoms with van der Waals surface area (Å²) in [5.41, 5.74) is 2.24. The number of benzene rings is 2. The summed E-state index contributed by atoms with van der Waals surface area (Å²) in [4.78, 5) is 1.55. The summed E-state index contributed by atoms with van der Waals surface area (Å²) in [6.07, 6.45) is 4.14. The Morgan fingerprint density at radius 2 is 0.945 bits per heavy atom. The average Bonchev–Trinajstić information content (AvgIpc) is 3.90. The Labute approximate surface area is 321 Å². The number of hydrogen-bond acceptors (Lipinski definition) is 6. The molecule has 0 saturated heterocycles. The third-order valence-corrected chi connectivity index (χ3v) is 13.5. The third kappa shape index (κ3) is 5.56. The van der Waals surface area contributed by atoms with Gasteiger partial charge in [-0.2, -0.15) is 26.3 Å². The Bertz CT molecular complexity index is 2290. The van der Waals surface area contributed by atoms with Crippen LogP contribution in [0, 0.1) is 13.8 Å². The second-order valence-electron chi connectivity index (χ2n) is 14.6. The van der Waals surface area contributed by atoms with Gasteiger partial charge < -0.3 is 0 Å². The fourth-order valence-corrected chi connectivity index (χ4v) is 11.0. The summed E-state index contributed by atoms with van der Waals surface area (Å²) >= 11 is 2.26. The minimum atomic E-state index is -5.68. The number of rotatable bonds is 6. The van der Waals surface area contributed by atoms with Crippen molar-refractivity contribution in [3.8, 4) is 21.1 Å². The molecule has 14 heteroatoms. The fourth-order valence-electron chi connectivity index (χ4n) is 8.55. The topological polar surface area (TPSA) is 61.4 Å². The van der Waals surface area contributed by atoms with Crippen LogP contribution in [0.4, 0.5) is 26.3 Å². The van der Waals surface area contributed by atoms with Crippen molar-refractivity contribution in [1.82, 2.24) is 30.0 Å². The molecule has 0 N–H and O–H groups in total. The molecule has 6 aromatic rings. The molecule has 3 aliphatic carbocycles. The van der Waals surface area contributed by atoms with E-state index in [1.807, 2.05) is 60.7 Å². The van der Waals surface area contributed by atoms with Gasteiger partial charge in [-0.3, -0.25) is 0 Å². The quantitative estimate of drug-likeness (QED) is 0.158. The molecule has 0 saturated carbocycles. The average molecular weight is 791 g/mol. The Kier molecular flexibility index (Phi) is 8.72. The van der Waals surface area contributed by atoms with Crippen LogP contribution in [0.2, 0.25) is 0 Å². The summed E-state index contributed by atoms with van der Waals surface area (Å²) < 4.78 is 102. The molecule has 3 aliphatic rings. The van der Waals surface area contributed by atoms with Gasteiger partial charge >= 0.3 is 17.8 Å². The molecule has 0 radical (unpaired) electrons. The van der Waals surface area contributed by atoms with Gasteiger partial charge in [0.25, 0.3) is 0 Å². The SMILES string of the molecule is Cc1sc2c(c1C1=C(c3c(C)sc4c3CCCCc3c-4nnn3Cc3ccccc3)C(F)(F)C(F)(F)C1(F)F)CCCCc1c-2nnn1Cc1ccccc1.